The van der Waals surface area contributed by atoms with Crippen LogP contribution in [0.2, 0.25) is 5.02 Å². The van der Waals surface area contributed by atoms with Crippen LogP contribution in [-0.2, 0) is 6.54 Å². The summed E-state index contributed by atoms with van der Waals surface area (Å²) >= 11 is 6.58. The van der Waals surface area contributed by atoms with Crippen molar-refractivity contribution in [1.82, 2.24) is 25.2 Å². The number of H-pyrrole nitrogens is 1. The number of hydrogen-bond donors (Lipinski definition) is 3. The largest absolute Gasteiger partial charge is 0.360 e. The quantitative estimate of drug-likeness (QED) is 0.286. The number of hydrogen-bond acceptors (Lipinski definition) is 5. The van der Waals surface area contributed by atoms with Crippen molar-refractivity contribution >= 4 is 34.1 Å². The van der Waals surface area contributed by atoms with Crippen molar-refractivity contribution in [3.05, 3.63) is 70.5 Å². The fraction of sp³-hybridized carbons (Fsp3) is 0.379. The molecular weight excluding hydrogens is 468 g/mol. The predicted octanol–water partition coefficient (Wildman–Crippen LogP) is 6.39. The Morgan fingerprint density at radius 1 is 1.08 bits per heavy atom. The smallest absolute Gasteiger partial charge is 0.227 e. The standard InChI is InChI=1S/C29H33ClN6/c1-17-4-7-24-25(12-31-27(24)8-17)28-26(30)13-32-29(35-28)34-23-10-20(9-22(11-23)21-5-6-21)16-36-14-18(2)33-19(3)15-36/h4,7-13,18-19,21,31,33H,5-6,14-16H2,1-3H3,(H,32,34,35)/t18-,19+. The van der Waals surface area contributed by atoms with Gasteiger partial charge < -0.3 is 15.6 Å². The first kappa shape index (κ1) is 23.5. The lowest BCUT2D eigenvalue weighted by Gasteiger charge is -2.36. The van der Waals surface area contributed by atoms with Gasteiger partial charge in [-0.15, -0.1) is 0 Å². The Labute approximate surface area is 217 Å². The first-order valence-electron chi connectivity index (χ1n) is 12.9. The molecule has 2 fully saturated rings. The van der Waals surface area contributed by atoms with Gasteiger partial charge in [0.05, 0.1) is 16.9 Å². The molecule has 6 rings (SSSR count). The van der Waals surface area contributed by atoms with Crippen molar-refractivity contribution in [1.29, 1.82) is 0 Å². The van der Waals surface area contributed by atoms with E-state index in [1.165, 1.54) is 29.5 Å². The molecule has 4 aromatic rings. The molecule has 0 unspecified atom stereocenters. The van der Waals surface area contributed by atoms with Gasteiger partial charge in [-0.25, -0.2) is 9.97 Å². The highest BCUT2D eigenvalue weighted by atomic mass is 35.5. The Morgan fingerprint density at radius 3 is 2.67 bits per heavy atom. The van der Waals surface area contributed by atoms with Gasteiger partial charge in [-0.2, -0.15) is 0 Å². The first-order valence-corrected chi connectivity index (χ1v) is 13.3. The van der Waals surface area contributed by atoms with Gasteiger partial charge in [-0.3, -0.25) is 4.90 Å². The number of halogens is 1. The molecular formula is C29H33ClN6. The van der Waals surface area contributed by atoms with Gasteiger partial charge in [-0.05, 0) is 74.4 Å². The minimum atomic E-state index is 0.507. The zero-order valence-corrected chi connectivity index (χ0v) is 21.9. The third-order valence-electron chi connectivity index (χ3n) is 7.20. The number of aromatic nitrogens is 3. The molecule has 6 nitrogen and oxygen atoms in total. The second-order valence-corrected chi connectivity index (χ2v) is 11.1. The molecule has 0 amide bonds. The van der Waals surface area contributed by atoms with Crippen LogP contribution in [0, 0.1) is 6.92 Å². The zero-order chi connectivity index (χ0) is 24.8. The molecule has 0 spiro atoms. The number of fused-ring (bicyclic) bond motifs is 1. The van der Waals surface area contributed by atoms with Crippen LogP contribution in [-0.4, -0.2) is 45.0 Å². The Balaban J connectivity index is 1.29. The average Bonchev–Trinajstić information content (AvgIpc) is 3.60. The molecule has 0 bridgehead atoms. The molecule has 0 radical (unpaired) electrons. The van der Waals surface area contributed by atoms with E-state index in [2.05, 4.69) is 82.7 Å². The summed E-state index contributed by atoms with van der Waals surface area (Å²) in [4.78, 5) is 15.3. The van der Waals surface area contributed by atoms with Crippen LogP contribution in [0.3, 0.4) is 0 Å². The molecule has 1 aliphatic heterocycles. The average molecular weight is 501 g/mol. The van der Waals surface area contributed by atoms with Gasteiger partial charge in [0, 0.05) is 60.1 Å². The Kier molecular flexibility index (Phi) is 6.20. The summed E-state index contributed by atoms with van der Waals surface area (Å²) in [6.07, 6.45) is 6.20. The van der Waals surface area contributed by atoms with Crippen LogP contribution in [0.1, 0.15) is 49.3 Å². The van der Waals surface area contributed by atoms with Crippen molar-refractivity contribution in [2.45, 2.75) is 58.2 Å². The monoisotopic (exact) mass is 500 g/mol. The summed E-state index contributed by atoms with van der Waals surface area (Å²) in [6.45, 7) is 9.70. The maximum absolute atomic E-state index is 6.58. The topological polar surface area (TPSA) is 68.9 Å². The van der Waals surface area contributed by atoms with Crippen LogP contribution < -0.4 is 10.6 Å². The van der Waals surface area contributed by atoms with E-state index in [9.17, 15) is 0 Å². The second-order valence-electron chi connectivity index (χ2n) is 10.7. The number of aromatic amines is 1. The maximum atomic E-state index is 6.58. The zero-order valence-electron chi connectivity index (χ0n) is 21.1. The molecule has 2 aromatic carbocycles. The fourth-order valence-electron chi connectivity index (χ4n) is 5.54. The lowest BCUT2D eigenvalue weighted by molar-refractivity contribution is 0.166. The number of nitrogens with one attached hydrogen (secondary N) is 3. The van der Waals surface area contributed by atoms with Gasteiger partial charge in [0.25, 0.3) is 0 Å². The molecule has 2 aliphatic rings. The summed E-state index contributed by atoms with van der Waals surface area (Å²) in [5.41, 5.74) is 7.78. The Hall–Kier alpha value is -2.93. The summed E-state index contributed by atoms with van der Waals surface area (Å²) < 4.78 is 0. The van der Waals surface area contributed by atoms with Crippen LogP contribution in [0.25, 0.3) is 22.2 Å². The Morgan fingerprint density at radius 2 is 1.89 bits per heavy atom. The minimum Gasteiger partial charge on any atom is -0.360 e. The number of piperazine rings is 1. The van der Waals surface area contributed by atoms with E-state index < -0.39 is 0 Å². The molecule has 3 heterocycles. The Bertz CT molecular complexity index is 1400. The third kappa shape index (κ3) is 4.99. The lowest BCUT2D eigenvalue weighted by atomic mass is 10.0. The number of rotatable bonds is 6. The number of nitrogens with zero attached hydrogens (tertiary/aromatic N) is 3. The summed E-state index contributed by atoms with van der Waals surface area (Å²) in [7, 11) is 0. The predicted molar refractivity (Wildman–Crippen MR) is 148 cm³/mol. The lowest BCUT2D eigenvalue weighted by Crippen LogP contribution is -2.53. The summed E-state index contributed by atoms with van der Waals surface area (Å²) in [5, 5.41) is 8.76. The van der Waals surface area contributed by atoms with E-state index in [0.717, 1.165) is 47.5 Å². The minimum absolute atomic E-state index is 0.507. The highest BCUT2D eigenvalue weighted by molar-refractivity contribution is 6.33. The van der Waals surface area contributed by atoms with E-state index >= 15 is 0 Å². The van der Waals surface area contributed by atoms with Crippen LogP contribution in [0.4, 0.5) is 11.6 Å². The van der Waals surface area contributed by atoms with E-state index in [1.54, 1.807) is 6.20 Å². The SMILES string of the molecule is Cc1ccc2c(-c3nc(Nc4cc(CN5C[C@@H](C)N[C@@H](C)C5)cc(C5CC5)c4)ncc3Cl)c[nH]c2c1. The summed E-state index contributed by atoms with van der Waals surface area (Å²) in [5.74, 6) is 1.22. The summed E-state index contributed by atoms with van der Waals surface area (Å²) in [6, 6.07) is 14.3. The molecule has 186 valence electrons. The fourth-order valence-corrected chi connectivity index (χ4v) is 5.74. The van der Waals surface area contributed by atoms with E-state index in [4.69, 9.17) is 16.6 Å². The molecule has 1 saturated heterocycles. The third-order valence-corrected chi connectivity index (χ3v) is 7.47. The maximum Gasteiger partial charge on any atom is 0.227 e. The molecule has 1 saturated carbocycles. The van der Waals surface area contributed by atoms with Crippen molar-refractivity contribution in [3.63, 3.8) is 0 Å². The van der Waals surface area contributed by atoms with Gasteiger partial charge in [0.1, 0.15) is 0 Å². The number of benzene rings is 2. The molecule has 36 heavy (non-hydrogen) atoms. The molecule has 1 aliphatic carbocycles. The highest BCUT2D eigenvalue weighted by Gasteiger charge is 2.26. The second kappa shape index (κ2) is 9.51. The number of aryl methyl sites for hydroxylation is 1. The van der Waals surface area contributed by atoms with Crippen LogP contribution in [0.5, 0.6) is 0 Å². The van der Waals surface area contributed by atoms with Gasteiger partial charge >= 0.3 is 0 Å². The van der Waals surface area contributed by atoms with Gasteiger partial charge in [-0.1, -0.05) is 29.8 Å². The van der Waals surface area contributed by atoms with Crippen molar-refractivity contribution < 1.29 is 0 Å². The van der Waals surface area contributed by atoms with E-state index in [0.29, 0.717) is 29.0 Å². The number of anilines is 2. The van der Waals surface area contributed by atoms with Crippen molar-refractivity contribution in [2.24, 2.45) is 0 Å². The highest BCUT2D eigenvalue weighted by Crippen LogP contribution is 2.42. The van der Waals surface area contributed by atoms with Gasteiger partial charge in [0.15, 0.2) is 0 Å². The van der Waals surface area contributed by atoms with E-state index in [-0.39, 0.29) is 0 Å². The molecule has 2 atom stereocenters. The van der Waals surface area contributed by atoms with Crippen molar-refractivity contribution in [3.8, 4) is 11.3 Å². The van der Waals surface area contributed by atoms with Crippen LogP contribution >= 0.6 is 11.6 Å². The normalized spacial score (nSPS) is 20.7. The van der Waals surface area contributed by atoms with Crippen LogP contribution in [0.15, 0.2) is 48.8 Å². The molecule has 2 aromatic heterocycles. The van der Waals surface area contributed by atoms with Crippen molar-refractivity contribution in [2.75, 3.05) is 18.4 Å². The van der Waals surface area contributed by atoms with E-state index in [1.807, 2.05) is 6.20 Å². The first-order chi connectivity index (χ1) is 17.4. The van der Waals surface area contributed by atoms with Gasteiger partial charge in [0.2, 0.25) is 5.95 Å². The molecule has 7 heteroatoms. The molecule has 3 N–H and O–H groups in total.